The van der Waals surface area contributed by atoms with Crippen molar-refractivity contribution in [3.05, 3.63) is 17.5 Å². The molecule has 0 aromatic carbocycles. The van der Waals surface area contributed by atoms with Crippen LogP contribution in [0.25, 0.3) is 0 Å². The number of hydrogen-bond acceptors (Lipinski definition) is 4. The quantitative estimate of drug-likeness (QED) is 0.828. The molecule has 2 amide bonds. The van der Waals surface area contributed by atoms with Gasteiger partial charge in [0.05, 0.1) is 12.1 Å². The van der Waals surface area contributed by atoms with Gasteiger partial charge in [0, 0.05) is 19.2 Å². The Kier molecular flexibility index (Phi) is 5.35. The molecule has 0 bridgehead atoms. The van der Waals surface area contributed by atoms with Crippen molar-refractivity contribution in [3.63, 3.8) is 0 Å². The van der Waals surface area contributed by atoms with E-state index in [9.17, 15) is 4.79 Å². The van der Waals surface area contributed by atoms with Crippen LogP contribution in [0, 0.1) is 6.92 Å². The Bertz CT molecular complexity index is 415. The molecule has 1 heterocycles. The molecule has 1 aromatic rings. The van der Waals surface area contributed by atoms with Gasteiger partial charge in [0.15, 0.2) is 0 Å². The van der Waals surface area contributed by atoms with Crippen LogP contribution >= 0.6 is 0 Å². The minimum Gasteiger partial charge on any atom is -0.379 e. The summed E-state index contributed by atoms with van der Waals surface area (Å²) in [6.07, 6.45) is 0.736. The molecular formula is C13H23N3O3. The Morgan fingerprint density at radius 3 is 2.79 bits per heavy atom. The number of aryl methyl sites for hydroxylation is 1. The summed E-state index contributed by atoms with van der Waals surface area (Å²) in [4.78, 5) is 11.7. The number of carbonyl (C=O) groups is 1. The molecule has 1 aromatic heterocycles. The van der Waals surface area contributed by atoms with E-state index in [1.807, 2.05) is 27.7 Å². The molecule has 0 saturated heterocycles. The third-order valence-electron chi connectivity index (χ3n) is 2.83. The SMILES string of the molecule is COC(C)(C)CC(C)NC(=O)NCc1cc(C)on1. The van der Waals surface area contributed by atoms with E-state index in [0.717, 1.165) is 12.2 Å². The van der Waals surface area contributed by atoms with Crippen LogP contribution in [0.5, 0.6) is 0 Å². The molecule has 6 heteroatoms. The fourth-order valence-corrected chi connectivity index (χ4v) is 1.82. The molecule has 0 aliphatic rings. The van der Waals surface area contributed by atoms with E-state index in [1.165, 1.54) is 0 Å². The highest BCUT2D eigenvalue weighted by atomic mass is 16.5. The standard InChI is InChI=1S/C13H23N3O3/c1-9(7-13(3,4)18-5)15-12(17)14-8-11-6-10(2)19-16-11/h6,9H,7-8H2,1-5H3,(H2,14,15,17). The van der Waals surface area contributed by atoms with Gasteiger partial charge in [0.2, 0.25) is 0 Å². The highest BCUT2D eigenvalue weighted by Crippen LogP contribution is 2.15. The van der Waals surface area contributed by atoms with E-state index in [4.69, 9.17) is 9.26 Å². The lowest BCUT2D eigenvalue weighted by Crippen LogP contribution is -2.43. The summed E-state index contributed by atoms with van der Waals surface area (Å²) in [5.41, 5.74) is 0.452. The predicted molar refractivity (Wildman–Crippen MR) is 71.8 cm³/mol. The van der Waals surface area contributed by atoms with Crippen LogP contribution in [-0.4, -0.2) is 29.9 Å². The van der Waals surface area contributed by atoms with Crippen LogP contribution in [0.1, 0.15) is 38.6 Å². The van der Waals surface area contributed by atoms with E-state index in [-0.39, 0.29) is 17.7 Å². The number of urea groups is 1. The summed E-state index contributed by atoms with van der Waals surface area (Å²) in [7, 11) is 1.67. The summed E-state index contributed by atoms with van der Waals surface area (Å²) >= 11 is 0. The topological polar surface area (TPSA) is 76.4 Å². The van der Waals surface area contributed by atoms with Gasteiger partial charge in [0.1, 0.15) is 11.5 Å². The van der Waals surface area contributed by atoms with E-state index in [0.29, 0.717) is 12.2 Å². The highest BCUT2D eigenvalue weighted by molar-refractivity contribution is 5.74. The van der Waals surface area contributed by atoms with Crippen molar-refractivity contribution in [1.29, 1.82) is 0 Å². The zero-order valence-corrected chi connectivity index (χ0v) is 12.2. The van der Waals surface area contributed by atoms with Crippen LogP contribution < -0.4 is 10.6 Å². The Labute approximate surface area is 113 Å². The van der Waals surface area contributed by atoms with E-state index < -0.39 is 0 Å². The molecule has 0 aliphatic heterocycles. The second-order valence-corrected chi connectivity index (χ2v) is 5.32. The van der Waals surface area contributed by atoms with Crippen molar-refractivity contribution < 1.29 is 14.1 Å². The van der Waals surface area contributed by atoms with Crippen LogP contribution in [-0.2, 0) is 11.3 Å². The monoisotopic (exact) mass is 269 g/mol. The Hall–Kier alpha value is -1.56. The molecule has 1 rings (SSSR count). The summed E-state index contributed by atoms with van der Waals surface area (Å²) in [6, 6.07) is 1.59. The average molecular weight is 269 g/mol. The molecule has 19 heavy (non-hydrogen) atoms. The first-order valence-corrected chi connectivity index (χ1v) is 6.34. The smallest absolute Gasteiger partial charge is 0.315 e. The summed E-state index contributed by atoms with van der Waals surface area (Å²) in [6.45, 7) is 8.08. The highest BCUT2D eigenvalue weighted by Gasteiger charge is 2.21. The van der Waals surface area contributed by atoms with Gasteiger partial charge in [-0.25, -0.2) is 4.79 Å². The molecule has 0 fully saturated rings. The zero-order chi connectivity index (χ0) is 14.5. The predicted octanol–water partition coefficient (Wildman–Crippen LogP) is 1.99. The van der Waals surface area contributed by atoms with Crippen molar-refractivity contribution >= 4 is 6.03 Å². The Morgan fingerprint density at radius 1 is 1.58 bits per heavy atom. The average Bonchev–Trinajstić information content (AvgIpc) is 2.71. The molecule has 0 spiro atoms. The Morgan fingerprint density at radius 2 is 2.26 bits per heavy atom. The van der Waals surface area contributed by atoms with E-state index in [2.05, 4.69) is 15.8 Å². The van der Waals surface area contributed by atoms with Crippen LogP contribution in [0.15, 0.2) is 10.6 Å². The number of ether oxygens (including phenoxy) is 1. The molecule has 2 N–H and O–H groups in total. The van der Waals surface area contributed by atoms with Gasteiger partial charge >= 0.3 is 6.03 Å². The number of amides is 2. The van der Waals surface area contributed by atoms with Crippen molar-refractivity contribution in [3.8, 4) is 0 Å². The van der Waals surface area contributed by atoms with Gasteiger partial charge in [-0.3, -0.25) is 0 Å². The van der Waals surface area contributed by atoms with Crippen molar-refractivity contribution in [2.24, 2.45) is 0 Å². The second kappa shape index (κ2) is 6.56. The van der Waals surface area contributed by atoms with Gasteiger partial charge < -0.3 is 19.9 Å². The molecule has 0 aliphatic carbocycles. The van der Waals surface area contributed by atoms with Crippen LogP contribution in [0.3, 0.4) is 0 Å². The molecular weight excluding hydrogens is 246 g/mol. The number of carbonyl (C=O) groups excluding carboxylic acids is 1. The van der Waals surface area contributed by atoms with Gasteiger partial charge in [-0.15, -0.1) is 0 Å². The maximum Gasteiger partial charge on any atom is 0.315 e. The van der Waals surface area contributed by atoms with Crippen LogP contribution in [0.2, 0.25) is 0 Å². The largest absolute Gasteiger partial charge is 0.379 e. The molecule has 6 nitrogen and oxygen atoms in total. The van der Waals surface area contributed by atoms with Gasteiger partial charge in [0.25, 0.3) is 0 Å². The summed E-state index contributed by atoms with van der Waals surface area (Å²) in [5.74, 6) is 0.729. The van der Waals surface area contributed by atoms with Gasteiger partial charge in [-0.05, 0) is 34.1 Å². The lowest BCUT2D eigenvalue weighted by Gasteiger charge is -2.27. The number of nitrogens with zero attached hydrogens (tertiary/aromatic N) is 1. The number of methoxy groups -OCH3 is 1. The normalized spacial score (nSPS) is 13.1. The molecule has 1 unspecified atom stereocenters. The molecule has 1 atom stereocenters. The van der Waals surface area contributed by atoms with Crippen molar-refractivity contribution in [2.75, 3.05) is 7.11 Å². The fraction of sp³-hybridized carbons (Fsp3) is 0.692. The molecule has 108 valence electrons. The maximum absolute atomic E-state index is 11.7. The lowest BCUT2D eigenvalue weighted by molar-refractivity contribution is 0.00950. The number of hydrogen-bond donors (Lipinski definition) is 2. The summed E-state index contributed by atoms with van der Waals surface area (Å²) in [5, 5.41) is 9.39. The van der Waals surface area contributed by atoms with E-state index >= 15 is 0 Å². The second-order valence-electron chi connectivity index (χ2n) is 5.32. The summed E-state index contributed by atoms with van der Waals surface area (Å²) < 4.78 is 10.2. The van der Waals surface area contributed by atoms with Crippen molar-refractivity contribution in [2.45, 2.75) is 52.3 Å². The first kappa shape index (κ1) is 15.5. The third-order valence-corrected chi connectivity index (χ3v) is 2.83. The first-order valence-electron chi connectivity index (χ1n) is 6.34. The maximum atomic E-state index is 11.7. The van der Waals surface area contributed by atoms with E-state index in [1.54, 1.807) is 13.2 Å². The minimum atomic E-state index is -0.254. The third kappa shape index (κ3) is 5.74. The fourth-order valence-electron chi connectivity index (χ4n) is 1.82. The number of aromatic nitrogens is 1. The van der Waals surface area contributed by atoms with Gasteiger partial charge in [-0.2, -0.15) is 0 Å². The molecule has 0 saturated carbocycles. The lowest BCUT2D eigenvalue weighted by atomic mass is 10.00. The number of rotatable bonds is 6. The molecule has 0 radical (unpaired) electrons. The van der Waals surface area contributed by atoms with Crippen molar-refractivity contribution in [1.82, 2.24) is 15.8 Å². The number of nitrogens with one attached hydrogen (secondary N) is 2. The Balaban J connectivity index is 2.31. The minimum absolute atomic E-state index is 0.0222. The first-order chi connectivity index (χ1) is 8.82. The van der Waals surface area contributed by atoms with Gasteiger partial charge in [-0.1, -0.05) is 5.16 Å². The zero-order valence-electron chi connectivity index (χ0n) is 12.2. The van der Waals surface area contributed by atoms with Crippen LogP contribution in [0.4, 0.5) is 4.79 Å².